The molecule has 0 radical (unpaired) electrons. The minimum Gasteiger partial charge on any atom is -0.399 e. The first kappa shape index (κ1) is 9.70. The highest BCUT2D eigenvalue weighted by atomic mass is 16.6. The van der Waals surface area contributed by atoms with E-state index in [9.17, 15) is 0 Å². The Balaban J connectivity index is 2.86. The number of hydrogen-bond donors (Lipinski definition) is 0. The summed E-state index contributed by atoms with van der Waals surface area (Å²) in [5.41, 5.74) is 2.21. The molecule has 5 heteroatoms. The van der Waals surface area contributed by atoms with Crippen molar-refractivity contribution in [3.8, 4) is 0 Å². The fraction of sp³-hybridized carbons (Fsp3) is 0.625. The number of aryl methyl sites for hydroxylation is 1. The van der Waals surface area contributed by atoms with E-state index in [0.29, 0.717) is 11.4 Å². The highest BCUT2D eigenvalue weighted by molar-refractivity contribution is 5.97. The largest absolute Gasteiger partial charge is 0.399 e. The van der Waals surface area contributed by atoms with Gasteiger partial charge in [-0.15, -0.1) is 0 Å². The van der Waals surface area contributed by atoms with E-state index < -0.39 is 0 Å². The second-order valence-electron chi connectivity index (χ2n) is 2.67. The first-order valence-corrected chi connectivity index (χ1v) is 4.19. The van der Waals surface area contributed by atoms with Crippen molar-refractivity contribution in [1.29, 1.82) is 0 Å². The topological polar surface area (TPSA) is 60.5 Å². The van der Waals surface area contributed by atoms with Crippen LogP contribution in [-0.2, 0) is 11.3 Å². The lowest BCUT2D eigenvalue weighted by atomic mass is 10.2. The zero-order valence-corrected chi connectivity index (χ0v) is 8.07. The maximum absolute atomic E-state index is 4.64. The molecule has 5 nitrogen and oxygen atoms in total. The molecule has 13 heavy (non-hydrogen) atoms. The summed E-state index contributed by atoms with van der Waals surface area (Å²) in [5.74, 6) is 0. The zero-order chi connectivity index (χ0) is 9.68. The van der Waals surface area contributed by atoms with Gasteiger partial charge in [0, 0.05) is 0 Å². The Kier molecular flexibility index (Phi) is 3.42. The quantitative estimate of drug-likeness (QED) is 0.522. The Morgan fingerprint density at radius 1 is 1.54 bits per heavy atom. The average Bonchev–Trinajstić information content (AvgIpc) is 2.54. The molecule has 1 rings (SSSR count). The molecule has 0 amide bonds. The number of nitrogens with zero attached hydrogens (tertiary/aromatic N) is 3. The van der Waals surface area contributed by atoms with E-state index >= 15 is 0 Å². The molecule has 0 aliphatic heterocycles. The molecule has 0 spiro atoms. The van der Waals surface area contributed by atoms with Gasteiger partial charge in [-0.1, -0.05) is 23.7 Å². The fourth-order valence-corrected chi connectivity index (χ4v) is 1.06. The fourth-order valence-electron chi connectivity index (χ4n) is 1.06. The lowest BCUT2D eigenvalue weighted by molar-refractivity contribution is 0.213. The molecule has 0 fully saturated rings. The maximum Gasteiger partial charge on any atom is 0.155 e. The van der Waals surface area contributed by atoms with Crippen LogP contribution >= 0.6 is 0 Å². The number of oxime groups is 1. The molecule has 1 aromatic heterocycles. The van der Waals surface area contributed by atoms with Gasteiger partial charge in [-0.05, 0) is 18.5 Å². The molecule has 0 N–H and O–H groups in total. The van der Waals surface area contributed by atoms with Gasteiger partial charge < -0.3 is 4.84 Å². The Morgan fingerprint density at radius 3 is 2.92 bits per heavy atom. The molecule has 0 atom stereocenters. The molecule has 0 bridgehead atoms. The number of aromatic nitrogens is 2. The van der Waals surface area contributed by atoms with Crippen molar-refractivity contribution < 1.29 is 9.47 Å². The van der Waals surface area contributed by atoms with Crippen LogP contribution in [0.4, 0.5) is 0 Å². The Bertz CT molecular complexity index is 293. The van der Waals surface area contributed by atoms with Crippen LogP contribution in [0, 0.1) is 0 Å². The predicted molar refractivity (Wildman–Crippen MR) is 47.5 cm³/mol. The summed E-state index contributed by atoms with van der Waals surface area (Å²) in [6, 6.07) is 0. The van der Waals surface area contributed by atoms with Crippen molar-refractivity contribution >= 4 is 5.71 Å². The van der Waals surface area contributed by atoms with Crippen molar-refractivity contribution in [3.05, 3.63) is 11.4 Å². The molecule has 0 saturated heterocycles. The molecule has 0 saturated carbocycles. The Labute approximate surface area is 76.7 Å². The van der Waals surface area contributed by atoms with Crippen LogP contribution < -0.4 is 0 Å². The van der Waals surface area contributed by atoms with E-state index in [1.165, 1.54) is 7.11 Å². The highest BCUT2D eigenvalue weighted by Gasteiger charge is 2.11. The average molecular weight is 183 g/mol. The van der Waals surface area contributed by atoms with Gasteiger partial charge >= 0.3 is 0 Å². The lowest BCUT2D eigenvalue weighted by Crippen LogP contribution is -2.01. The van der Waals surface area contributed by atoms with Gasteiger partial charge in [0.15, 0.2) is 5.69 Å². The van der Waals surface area contributed by atoms with Gasteiger partial charge in [-0.25, -0.2) is 4.63 Å². The Morgan fingerprint density at radius 2 is 2.31 bits per heavy atom. The van der Waals surface area contributed by atoms with Gasteiger partial charge in [-0.2, -0.15) is 0 Å². The molecule has 1 heterocycles. The van der Waals surface area contributed by atoms with Crippen molar-refractivity contribution in [3.63, 3.8) is 0 Å². The van der Waals surface area contributed by atoms with E-state index in [0.717, 1.165) is 18.5 Å². The van der Waals surface area contributed by atoms with E-state index in [1.807, 2.05) is 6.92 Å². The zero-order valence-electron chi connectivity index (χ0n) is 8.07. The second-order valence-corrected chi connectivity index (χ2v) is 2.67. The van der Waals surface area contributed by atoms with Crippen molar-refractivity contribution in [1.82, 2.24) is 10.3 Å². The van der Waals surface area contributed by atoms with Crippen molar-refractivity contribution in [2.45, 2.75) is 26.7 Å². The molecule has 72 valence electrons. The predicted octanol–water partition coefficient (Wildman–Crippen LogP) is 1.39. The summed E-state index contributed by atoms with van der Waals surface area (Å²) in [4.78, 5) is 4.64. The summed E-state index contributed by atoms with van der Waals surface area (Å²) in [5, 5.41) is 11.3. The summed E-state index contributed by atoms with van der Waals surface area (Å²) in [6.45, 7) is 3.88. The first-order valence-electron chi connectivity index (χ1n) is 4.19. The third-order valence-electron chi connectivity index (χ3n) is 1.61. The van der Waals surface area contributed by atoms with Crippen LogP contribution in [0.1, 0.15) is 31.7 Å². The van der Waals surface area contributed by atoms with Gasteiger partial charge in [0.05, 0.1) is 0 Å². The first-order chi connectivity index (χ1) is 6.29. The van der Waals surface area contributed by atoms with Gasteiger partial charge in [0.25, 0.3) is 0 Å². The van der Waals surface area contributed by atoms with E-state index in [1.54, 1.807) is 0 Å². The van der Waals surface area contributed by atoms with Crippen LogP contribution in [0.5, 0.6) is 0 Å². The summed E-state index contributed by atoms with van der Waals surface area (Å²) in [6.07, 6.45) is 1.84. The normalized spacial score (nSPS) is 11.8. The maximum atomic E-state index is 4.64. The molecule has 1 aromatic rings. The van der Waals surface area contributed by atoms with E-state index in [-0.39, 0.29) is 0 Å². The van der Waals surface area contributed by atoms with Crippen LogP contribution in [0.25, 0.3) is 0 Å². The molecule has 0 aliphatic rings. The van der Waals surface area contributed by atoms with Crippen molar-refractivity contribution in [2.75, 3.05) is 7.11 Å². The van der Waals surface area contributed by atoms with Crippen LogP contribution in [0.3, 0.4) is 0 Å². The number of rotatable bonds is 4. The van der Waals surface area contributed by atoms with E-state index in [4.69, 9.17) is 0 Å². The smallest absolute Gasteiger partial charge is 0.155 e. The highest BCUT2D eigenvalue weighted by Crippen LogP contribution is 2.07. The third-order valence-corrected chi connectivity index (χ3v) is 1.61. The molecule has 0 aromatic carbocycles. The van der Waals surface area contributed by atoms with Crippen molar-refractivity contribution in [2.24, 2.45) is 5.16 Å². The van der Waals surface area contributed by atoms with Crippen LogP contribution in [-0.4, -0.2) is 23.1 Å². The van der Waals surface area contributed by atoms with Gasteiger partial charge in [0.2, 0.25) is 0 Å². The van der Waals surface area contributed by atoms with Crippen LogP contribution in [0.15, 0.2) is 9.78 Å². The second kappa shape index (κ2) is 4.59. The molecular weight excluding hydrogens is 170 g/mol. The summed E-state index contributed by atoms with van der Waals surface area (Å²) in [7, 11) is 1.50. The lowest BCUT2D eigenvalue weighted by Gasteiger charge is -1.95. The van der Waals surface area contributed by atoms with E-state index in [2.05, 4.69) is 31.9 Å². The monoisotopic (exact) mass is 183 g/mol. The molecular formula is C8H13N3O2. The third kappa shape index (κ3) is 2.27. The Hall–Kier alpha value is -1.39. The minimum absolute atomic E-state index is 0.684. The summed E-state index contributed by atoms with van der Waals surface area (Å²) >= 11 is 0. The summed E-state index contributed by atoms with van der Waals surface area (Å²) < 4.78 is 4.63. The number of hydrogen-bond acceptors (Lipinski definition) is 5. The SMILES string of the molecule is CCCc1nonc1/C(C)=N/OC. The van der Waals surface area contributed by atoms with Crippen LogP contribution in [0.2, 0.25) is 0 Å². The van der Waals surface area contributed by atoms with Gasteiger partial charge in [0.1, 0.15) is 18.5 Å². The molecule has 0 unspecified atom stereocenters. The standard InChI is InChI=1S/C8H13N3O2/c1-4-5-7-8(11-13-10-7)6(2)9-12-3/h4-5H2,1-3H3/b9-6+. The van der Waals surface area contributed by atoms with Gasteiger partial charge in [-0.3, -0.25) is 0 Å². The minimum atomic E-state index is 0.684. The molecule has 0 aliphatic carbocycles.